The molecule has 0 N–H and O–H groups in total. The Kier molecular flexibility index (Phi) is 7.74. The minimum Gasteiger partial charge on any atom is -0.492 e. The lowest BCUT2D eigenvalue weighted by molar-refractivity contribution is 0.0152. The number of benzene rings is 1. The molecule has 0 aliphatic carbocycles. The minimum absolute atomic E-state index is 0.650. The molecule has 0 saturated carbocycles. The van der Waals surface area contributed by atoms with Crippen LogP contribution in [0.1, 0.15) is 24.8 Å². The molecule has 1 aromatic rings. The zero-order valence-electron chi connectivity index (χ0n) is 16.5. The van der Waals surface area contributed by atoms with E-state index in [4.69, 9.17) is 9.47 Å². The summed E-state index contributed by atoms with van der Waals surface area (Å²) in [5.74, 6) is 1.05. The van der Waals surface area contributed by atoms with Gasteiger partial charge in [0.15, 0.2) is 0 Å². The third-order valence-corrected chi connectivity index (χ3v) is 5.46. The number of hydrogen-bond donors (Lipinski definition) is 0. The molecular formula is C21H35N3O2. The number of likely N-dealkylation sites (N-methyl/N-ethyl adjacent to an activating group) is 1. The Morgan fingerprint density at radius 1 is 1.12 bits per heavy atom. The lowest BCUT2D eigenvalue weighted by Crippen LogP contribution is -2.49. The number of para-hydroxylation sites is 1. The van der Waals surface area contributed by atoms with Gasteiger partial charge < -0.3 is 14.4 Å². The van der Waals surface area contributed by atoms with E-state index in [2.05, 4.69) is 53.1 Å². The first kappa shape index (κ1) is 19.6. The van der Waals surface area contributed by atoms with Crippen molar-refractivity contribution in [2.45, 2.75) is 31.8 Å². The van der Waals surface area contributed by atoms with Crippen molar-refractivity contribution in [2.24, 2.45) is 0 Å². The Morgan fingerprint density at radius 2 is 1.92 bits per heavy atom. The van der Waals surface area contributed by atoms with E-state index in [1.54, 1.807) is 0 Å². The second-order valence-electron chi connectivity index (χ2n) is 7.79. The van der Waals surface area contributed by atoms with Crippen LogP contribution in [0.4, 0.5) is 0 Å². The monoisotopic (exact) mass is 361 g/mol. The summed E-state index contributed by atoms with van der Waals surface area (Å²) in [6.45, 7) is 8.97. The standard InChI is InChI=1S/C21H35N3O2/c1-22(2)11-16-26-21-9-4-3-7-19(21)17-24-10-6-5-8-20(24)18-23-12-14-25-15-13-23/h3-4,7,9,20H,5-6,8,10-18H2,1-2H3. The molecule has 3 rings (SSSR count). The van der Waals surface area contributed by atoms with Gasteiger partial charge in [-0.25, -0.2) is 0 Å². The minimum atomic E-state index is 0.650. The van der Waals surface area contributed by atoms with Gasteiger partial charge in [-0.15, -0.1) is 0 Å². The Bertz CT molecular complexity index is 532. The fraction of sp³-hybridized carbons (Fsp3) is 0.714. The van der Waals surface area contributed by atoms with E-state index in [9.17, 15) is 0 Å². The highest BCUT2D eigenvalue weighted by atomic mass is 16.5. The van der Waals surface area contributed by atoms with Gasteiger partial charge in [0.05, 0.1) is 13.2 Å². The van der Waals surface area contributed by atoms with Crippen molar-refractivity contribution in [3.63, 3.8) is 0 Å². The van der Waals surface area contributed by atoms with Crippen LogP contribution < -0.4 is 4.74 Å². The van der Waals surface area contributed by atoms with E-state index in [-0.39, 0.29) is 0 Å². The van der Waals surface area contributed by atoms with E-state index in [0.29, 0.717) is 6.04 Å². The van der Waals surface area contributed by atoms with Crippen LogP contribution in [0.3, 0.4) is 0 Å². The molecule has 2 heterocycles. The summed E-state index contributed by atoms with van der Waals surface area (Å²) in [6, 6.07) is 9.21. The van der Waals surface area contributed by atoms with Crippen LogP contribution >= 0.6 is 0 Å². The molecule has 1 aromatic carbocycles. The molecule has 1 atom stereocenters. The highest BCUT2D eigenvalue weighted by Gasteiger charge is 2.26. The van der Waals surface area contributed by atoms with Crippen LogP contribution in [0.25, 0.3) is 0 Å². The molecule has 5 heteroatoms. The summed E-state index contributed by atoms with van der Waals surface area (Å²) in [7, 11) is 4.17. The van der Waals surface area contributed by atoms with E-state index in [0.717, 1.165) is 51.7 Å². The molecule has 0 bridgehead atoms. The first-order valence-electron chi connectivity index (χ1n) is 10.1. The van der Waals surface area contributed by atoms with Gasteiger partial charge in [-0.2, -0.15) is 0 Å². The van der Waals surface area contributed by atoms with E-state index < -0.39 is 0 Å². The molecule has 2 aliphatic rings. The normalized spacial score (nSPS) is 22.7. The van der Waals surface area contributed by atoms with Crippen molar-refractivity contribution in [1.82, 2.24) is 14.7 Å². The van der Waals surface area contributed by atoms with Gasteiger partial charge in [-0.3, -0.25) is 9.80 Å². The first-order valence-corrected chi connectivity index (χ1v) is 10.1. The molecule has 2 saturated heterocycles. The van der Waals surface area contributed by atoms with Gasteiger partial charge >= 0.3 is 0 Å². The molecule has 0 amide bonds. The van der Waals surface area contributed by atoms with Gasteiger partial charge in [0.25, 0.3) is 0 Å². The molecule has 2 aliphatic heterocycles. The van der Waals surface area contributed by atoms with Gasteiger partial charge in [0, 0.05) is 44.3 Å². The number of hydrogen-bond acceptors (Lipinski definition) is 5. The highest BCUT2D eigenvalue weighted by molar-refractivity contribution is 5.33. The summed E-state index contributed by atoms with van der Waals surface area (Å²) < 4.78 is 11.6. The van der Waals surface area contributed by atoms with Crippen LogP contribution in [-0.2, 0) is 11.3 Å². The van der Waals surface area contributed by atoms with E-state index in [1.165, 1.54) is 37.9 Å². The second kappa shape index (κ2) is 10.3. The lowest BCUT2D eigenvalue weighted by atomic mass is 10.00. The predicted octanol–water partition coefficient (Wildman–Crippen LogP) is 2.31. The third-order valence-electron chi connectivity index (χ3n) is 5.46. The Labute approximate surface area is 158 Å². The van der Waals surface area contributed by atoms with Crippen molar-refractivity contribution in [2.75, 3.05) is 66.6 Å². The number of likely N-dealkylation sites (tertiary alicyclic amines) is 1. The van der Waals surface area contributed by atoms with Crippen LogP contribution in [-0.4, -0.2) is 87.4 Å². The van der Waals surface area contributed by atoms with Gasteiger partial charge in [-0.1, -0.05) is 24.6 Å². The fourth-order valence-electron chi connectivity index (χ4n) is 3.89. The van der Waals surface area contributed by atoms with E-state index >= 15 is 0 Å². The number of ether oxygens (including phenoxy) is 2. The maximum Gasteiger partial charge on any atom is 0.123 e. The Hall–Kier alpha value is -1.14. The highest BCUT2D eigenvalue weighted by Crippen LogP contribution is 2.25. The Morgan fingerprint density at radius 3 is 2.73 bits per heavy atom. The van der Waals surface area contributed by atoms with Crippen molar-refractivity contribution >= 4 is 0 Å². The molecule has 2 fully saturated rings. The van der Waals surface area contributed by atoms with Crippen LogP contribution in [0.15, 0.2) is 24.3 Å². The quantitative estimate of drug-likeness (QED) is 0.709. The van der Waals surface area contributed by atoms with Crippen molar-refractivity contribution < 1.29 is 9.47 Å². The van der Waals surface area contributed by atoms with Crippen molar-refractivity contribution in [1.29, 1.82) is 0 Å². The van der Waals surface area contributed by atoms with Crippen molar-refractivity contribution in [3.8, 4) is 5.75 Å². The van der Waals surface area contributed by atoms with Crippen LogP contribution in [0, 0.1) is 0 Å². The summed E-state index contributed by atoms with van der Waals surface area (Å²) in [5, 5.41) is 0. The average Bonchev–Trinajstić information content (AvgIpc) is 2.65. The topological polar surface area (TPSA) is 28.2 Å². The van der Waals surface area contributed by atoms with Crippen molar-refractivity contribution in [3.05, 3.63) is 29.8 Å². The number of rotatable bonds is 8. The zero-order valence-corrected chi connectivity index (χ0v) is 16.5. The second-order valence-corrected chi connectivity index (χ2v) is 7.79. The average molecular weight is 362 g/mol. The van der Waals surface area contributed by atoms with Gasteiger partial charge in [0.2, 0.25) is 0 Å². The summed E-state index contributed by atoms with van der Waals surface area (Å²) in [6.07, 6.45) is 3.97. The third kappa shape index (κ3) is 5.95. The first-order chi connectivity index (χ1) is 12.7. The summed E-state index contributed by atoms with van der Waals surface area (Å²) in [4.78, 5) is 7.41. The maximum atomic E-state index is 6.08. The van der Waals surface area contributed by atoms with E-state index in [1.807, 2.05) is 0 Å². The molecule has 0 radical (unpaired) electrons. The lowest BCUT2D eigenvalue weighted by Gasteiger charge is -2.39. The molecule has 146 valence electrons. The predicted molar refractivity (Wildman–Crippen MR) is 106 cm³/mol. The number of morpholine rings is 1. The fourth-order valence-corrected chi connectivity index (χ4v) is 3.89. The largest absolute Gasteiger partial charge is 0.492 e. The smallest absolute Gasteiger partial charge is 0.123 e. The van der Waals surface area contributed by atoms with Gasteiger partial charge in [-0.05, 0) is 39.5 Å². The van der Waals surface area contributed by atoms with Crippen LogP contribution in [0.5, 0.6) is 5.75 Å². The van der Waals surface area contributed by atoms with Gasteiger partial charge in [0.1, 0.15) is 12.4 Å². The molecule has 0 spiro atoms. The SMILES string of the molecule is CN(C)CCOc1ccccc1CN1CCCCC1CN1CCOCC1. The Balaban J connectivity index is 1.60. The molecular weight excluding hydrogens is 326 g/mol. The van der Waals surface area contributed by atoms with Crippen LogP contribution in [0.2, 0.25) is 0 Å². The number of nitrogens with zero attached hydrogens (tertiary/aromatic N) is 3. The zero-order chi connectivity index (χ0) is 18.2. The summed E-state index contributed by atoms with van der Waals surface area (Å²) in [5.41, 5.74) is 1.32. The maximum absolute atomic E-state index is 6.08. The molecule has 1 unspecified atom stereocenters. The summed E-state index contributed by atoms with van der Waals surface area (Å²) >= 11 is 0. The molecule has 5 nitrogen and oxygen atoms in total. The molecule has 0 aromatic heterocycles. The molecule has 26 heavy (non-hydrogen) atoms. The number of piperidine rings is 1.